The third-order valence-corrected chi connectivity index (χ3v) is 9.63. The van der Waals surface area contributed by atoms with Crippen LogP contribution < -0.4 is 11.1 Å². The van der Waals surface area contributed by atoms with Crippen LogP contribution in [0.15, 0.2) is 0 Å². The normalized spacial score (nSPS) is 13.3. The minimum absolute atomic E-state index is 0.511. The summed E-state index contributed by atoms with van der Waals surface area (Å²) in [6.07, 6.45) is 0.885. The largest absolute Gasteiger partial charge is 0.437 e. The molecular weight excluding hydrogens is 228 g/mol. The first-order valence-electron chi connectivity index (χ1n) is 4.79. The quantitative estimate of drug-likeness (QED) is 0.514. The first-order chi connectivity index (χ1) is 6.33. The first kappa shape index (κ1) is 14.5. The van der Waals surface area contributed by atoms with Gasteiger partial charge in [0.05, 0.1) is 0 Å². The van der Waals surface area contributed by atoms with Crippen molar-refractivity contribution in [3.8, 4) is 0 Å². The molecule has 0 spiro atoms. The zero-order valence-corrected chi connectivity index (χ0v) is 12.8. The van der Waals surface area contributed by atoms with E-state index in [0.29, 0.717) is 16.4 Å². The molecule has 0 amide bonds. The fourth-order valence-electron chi connectivity index (χ4n) is 1.34. The van der Waals surface area contributed by atoms with Crippen molar-refractivity contribution in [2.75, 3.05) is 12.8 Å². The maximum atomic E-state index is 6.11. The van der Waals surface area contributed by atoms with Gasteiger partial charge in [0.2, 0.25) is 9.76 Å². The van der Waals surface area contributed by atoms with Gasteiger partial charge in [-0.05, 0) is 32.7 Å². The Morgan fingerprint density at radius 2 is 1.86 bits per heavy atom. The van der Waals surface area contributed by atoms with E-state index in [2.05, 4.69) is 31.5 Å². The predicted octanol–water partition coefficient (Wildman–Crippen LogP) is 0.639. The molecular formula is C7H22N2O2Si3. The monoisotopic (exact) mass is 250 g/mol. The summed E-state index contributed by atoms with van der Waals surface area (Å²) in [7, 11) is -3.03. The van der Waals surface area contributed by atoms with Gasteiger partial charge < -0.3 is 19.3 Å². The molecule has 0 aliphatic heterocycles. The van der Waals surface area contributed by atoms with Gasteiger partial charge in [0, 0.05) is 12.8 Å². The van der Waals surface area contributed by atoms with Crippen LogP contribution in [-0.2, 0) is 8.23 Å². The average Bonchev–Trinajstić information content (AvgIpc) is 1.98. The zero-order chi connectivity index (χ0) is 11.2. The van der Waals surface area contributed by atoms with Gasteiger partial charge in [-0.1, -0.05) is 0 Å². The van der Waals surface area contributed by atoms with Gasteiger partial charge in [-0.15, -0.1) is 0 Å². The topological polar surface area (TPSA) is 56.5 Å². The summed E-state index contributed by atoms with van der Waals surface area (Å²) >= 11 is 0. The molecule has 0 saturated carbocycles. The van der Waals surface area contributed by atoms with Crippen LogP contribution in [0.25, 0.3) is 0 Å². The Morgan fingerprint density at radius 3 is 2.29 bits per heavy atom. The van der Waals surface area contributed by atoms with E-state index >= 15 is 0 Å². The van der Waals surface area contributed by atoms with E-state index in [-0.39, 0.29) is 0 Å². The molecule has 0 fully saturated rings. The highest BCUT2D eigenvalue weighted by atomic mass is 28.5. The SMILES string of the molecule is C[Si]O[Si](C)(C)O[Si](C)(C)CNCN. The Balaban J connectivity index is 4.05. The lowest BCUT2D eigenvalue weighted by atomic mass is 11.1. The average molecular weight is 251 g/mol. The molecule has 7 heteroatoms. The van der Waals surface area contributed by atoms with Crippen molar-refractivity contribution in [2.24, 2.45) is 5.73 Å². The van der Waals surface area contributed by atoms with E-state index in [9.17, 15) is 0 Å². The van der Waals surface area contributed by atoms with E-state index in [1.165, 1.54) is 0 Å². The number of nitrogens with one attached hydrogen (secondary N) is 1. The van der Waals surface area contributed by atoms with Crippen LogP contribution in [0.5, 0.6) is 0 Å². The Labute approximate surface area is 91.9 Å². The van der Waals surface area contributed by atoms with Gasteiger partial charge in [-0.3, -0.25) is 0 Å². The molecule has 0 aromatic carbocycles. The van der Waals surface area contributed by atoms with Gasteiger partial charge in [0.15, 0.2) is 8.32 Å². The van der Waals surface area contributed by atoms with Crippen LogP contribution >= 0.6 is 0 Å². The Bertz CT molecular complexity index is 167. The Kier molecular flexibility index (Phi) is 6.37. The first-order valence-corrected chi connectivity index (χ1v) is 12.1. The number of hydrogen-bond acceptors (Lipinski definition) is 4. The summed E-state index contributed by atoms with van der Waals surface area (Å²) < 4.78 is 11.8. The lowest BCUT2D eigenvalue weighted by Crippen LogP contribution is -2.53. The highest BCUT2D eigenvalue weighted by molar-refractivity contribution is 6.83. The second-order valence-corrected chi connectivity index (χ2v) is 12.9. The molecule has 3 N–H and O–H groups in total. The third-order valence-electron chi connectivity index (χ3n) is 1.56. The molecule has 0 aromatic rings. The number of rotatable bonds is 7. The molecule has 0 heterocycles. The lowest BCUT2D eigenvalue weighted by Gasteiger charge is -2.33. The fourth-order valence-corrected chi connectivity index (χ4v) is 10.2. The smallest absolute Gasteiger partial charge is 0.311 e. The van der Waals surface area contributed by atoms with Crippen LogP contribution in [0.1, 0.15) is 0 Å². The van der Waals surface area contributed by atoms with Gasteiger partial charge in [-0.25, -0.2) is 0 Å². The van der Waals surface area contributed by atoms with Crippen molar-refractivity contribution in [2.45, 2.75) is 32.7 Å². The van der Waals surface area contributed by atoms with Gasteiger partial charge in [-0.2, -0.15) is 0 Å². The molecule has 84 valence electrons. The molecule has 0 aliphatic rings. The molecule has 0 aliphatic carbocycles. The summed E-state index contributed by atoms with van der Waals surface area (Å²) in [6, 6.07) is 0. The van der Waals surface area contributed by atoms with Gasteiger partial charge >= 0.3 is 8.56 Å². The van der Waals surface area contributed by atoms with E-state index in [1.807, 2.05) is 6.55 Å². The summed E-state index contributed by atoms with van der Waals surface area (Å²) in [6.45, 7) is 11.1. The summed E-state index contributed by atoms with van der Waals surface area (Å²) in [5, 5.41) is 3.14. The van der Waals surface area contributed by atoms with Crippen molar-refractivity contribution in [3.63, 3.8) is 0 Å². The molecule has 0 unspecified atom stereocenters. The zero-order valence-electron chi connectivity index (χ0n) is 9.81. The highest BCUT2D eigenvalue weighted by Gasteiger charge is 2.33. The fraction of sp³-hybridized carbons (Fsp3) is 1.00. The summed E-state index contributed by atoms with van der Waals surface area (Å²) in [5.41, 5.74) is 5.40. The second kappa shape index (κ2) is 6.16. The lowest BCUT2D eigenvalue weighted by molar-refractivity contribution is 0.406. The van der Waals surface area contributed by atoms with Crippen LogP contribution in [0, 0.1) is 0 Å². The van der Waals surface area contributed by atoms with Crippen LogP contribution in [0.2, 0.25) is 32.7 Å². The number of nitrogens with two attached hydrogens (primary N) is 1. The molecule has 0 rings (SSSR count). The van der Waals surface area contributed by atoms with Crippen molar-refractivity contribution in [1.82, 2.24) is 5.32 Å². The van der Waals surface area contributed by atoms with E-state index in [1.54, 1.807) is 0 Å². The highest BCUT2D eigenvalue weighted by Crippen LogP contribution is 2.14. The third kappa shape index (κ3) is 6.87. The molecule has 0 atom stereocenters. The minimum Gasteiger partial charge on any atom is -0.437 e. The summed E-state index contributed by atoms with van der Waals surface area (Å²) in [5.74, 6) is 0. The predicted molar refractivity (Wildman–Crippen MR) is 65.8 cm³/mol. The van der Waals surface area contributed by atoms with E-state index in [0.717, 1.165) is 6.17 Å². The van der Waals surface area contributed by atoms with Crippen molar-refractivity contribution >= 4 is 26.6 Å². The Hall–Kier alpha value is 0.491. The van der Waals surface area contributed by atoms with Gasteiger partial charge in [0.1, 0.15) is 0 Å². The molecule has 4 nitrogen and oxygen atoms in total. The van der Waals surface area contributed by atoms with Gasteiger partial charge in [0.25, 0.3) is 0 Å². The molecule has 0 bridgehead atoms. The van der Waals surface area contributed by atoms with Crippen LogP contribution in [0.4, 0.5) is 0 Å². The van der Waals surface area contributed by atoms with E-state index < -0.39 is 16.9 Å². The van der Waals surface area contributed by atoms with Crippen molar-refractivity contribution in [3.05, 3.63) is 0 Å². The second-order valence-electron chi connectivity index (χ2n) is 4.20. The minimum atomic E-state index is -1.90. The maximum Gasteiger partial charge on any atom is 0.311 e. The number of hydrogen-bond donors (Lipinski definition) is 2. The van der Waals surface area contributed by atoms with Crippen molar-refractivity contribution < 1.29 is 8.23 Å². The molecule has 0 saturated heterocycles. The molecule has 14 heavy (non-hydrogen) atoms. The Morgan fingerprint density at radius 1 is 1.29 bits per heavy atom. The van der Waals surface area contributed by atoms with Crippen molar-refractivity contribution in [1.29, 1.82) is 0 Å². The molecule has 2 radical (unpaired) electrons. The molecule has 0 aromatic heterocycles. The van der Waals surface area contributed by atoms with E-state index in [4.69, 9.17) is 14.0 Å². The van der Waals surface area contributed by atoms with Crippen LogP contribution in [-0.4, -0.2) is 39.5 Å². The maximum absolute atomic E-state index is 6.11. The standard InChI is InChI=1S/C7H22N2O2Si3/c1-12-10-14(4,5)11-13(2,3)7-9-6-8/h9H,6-8H2,1-5H3. The summed E-state index contributed by atoms with van der Waals surface area (Å²) in [4.78, 5) is 0. The van der Waals surface area contributed by atoms with Crippen LogP contribution in [0.3, 0.4) is 0 Å².